The van der Waals surface area contributed by atoms with Crippen molar-refractivity contribution in [1.29, 1.82) is 0 Å². The van der Waals surface area contributed by atoms with Crippen LogP contribution >= 0.6 is 0 Å². The number of carbonyl (C=O) groups is 2. The molecule has 1 aliphatic carbocycles. The molecule has 0 radical (unpaired) electrons. The van der Waals surface area contributed by atoms with Crippen molar-refractivity contribution < 1.29 is 14.3 Å². The normalized spacial score (nSPS) is 15.4. The molecule has 150 valence electrons. The second-order valence-corrected chi connectivity index (χ2v) is 8.27. The Bertz CT molecular complexity index is 634. The van der Waals surface area contributed by atoms with Gasteiger partial charge in [0, 0.05) is 18.3 Å². The first-order valence-corrected chi connectivity index (χ1v) is 9.79. The van der Waals surface area contributed by atoms with Crippen molar-refractivity contribution in [2.45, 2.75) is 71.1 Å². The minimum Gasteiger partial charge on any atom is -0.444 e. The summed E-state index contributed by atoms with van der Waals surface area (Å²) in [6.07, 6.45) is 5.81. The van der Waals surface area contributed by atoms with Gasteiger partial charge in [-0.05, 0) is 52.3 Å². The number of para-hydroxylation sites is 1. The first-order valence-electron chi connectivity index (χ1n) is 9.79. The number of benzene rings is 1. The molecule has 0 bridgehead atoms. The summed E-state index contributed by atoms with van der Waals surface area (Å²) < 4.78 is 5.15. The van der Waals surface area contributed by atoms with E-state index >= 15 is 0 Å². The Morgan fingerprint density at radius 1 is 1.15 bits per heavy atom. The molecule has 0 aliphatic heterocycles. The third-order valence-electron chi connectivity index (χ3n) is 4.70. The van der Waals surface area contributed by atoms with Gasteiger partial charge in [0.2, 0.25) is 5.91 Å². The van der Waals surface area contributed by atoms with E-state index in [1.54, 1.807) is 20.8 Å². The average molecular weight is 376 g/mol. The number of ether oxygens (including phenoxy) is 1. The highest BCUT2D eigenvalue weighted by Crippen LogP contribution is 2.24. The largest absolute Gasteiger partial charge is 0.444 e. The number of carbonyl (C=O) groups excluding carboxylic acids is 2. The van der Waals surface area contributed by atoms with Crippen LogP contribution in [-0.2, 0) is 16.1 Å². The van der Waals surface area contributed by atoms with Crippen LogP contribution in [0.15, 0.2) is 24.3 Å². The Morgan fingerprint density at radius 3 is 2.48 bits per heavy atom. The zero-order chi connectivity index (χ0) is 19.9. The topological polar surface area (TPSA) is 70.7 Å². The van der Waals surface area contributed by atoms with Crippen molar-refractivity contribution in [2.75, 3.05) is 18.9 Å². The molecule has 1 aromatic carbocycles. The quantitative estimate of drug-likeness (QED) is 0.791. The van der Waals surface area contributed by atoms with Crippen LogP contribution in [0.2, 0.25) is 0 Å². The van der Waals surface area contributed by atoms with E-state index in [2.05, 4.69) is 22.6 Å². The van der Waals surface area contributed by atoms with E-state index < -0.39 is 11.7 Å². The van der Waals surface area contributed by atoms with Crippen molar-refractivity contribution in [3.63, 3.8) is 0 Å². The molecule has 27 heavy (non-hydrogen) atoms. The summed E-state index contributed by atoms with van der Waals surface area (Å²) in [4.78, 5) is 26.3. The first-order chi connectivity index (χ1) is 12.7. The molecule has 2 amide bonds. The van der Waals surface area contributed by atoms with Crippen LogP contribution in [0.25, 0.3) is 0 Å². The first kappa shape index (κ1) is 21.2. The second kappa shape index (κ2) is 9.74. The summed E-state index contributed by atoms with van der Waals surface area (Å²) in [5.41, 5.74) is 1.28. The highest BCUT2D eigenvalue weighted by Gasteiger charge is 2.20. The summed E-state index contributed by atoms with van der Waals surface area (Å²) in [5, 5.41) is 5.39. The molecule has 2 N–H and O–H groups in total. The van der Waals surface area contributed by atoms with Crippen LogP contribution < -0.4 is 10.6 Å². The SMILES string of the molecule is CN(Cc1ccccc1NC(=O)CNC(=O)OC(C)(C)C)C1CCCCC1. The molecule has 0 unspecified atom stereocenters. The fourth-order valence-electron chi connectivity index (χ4n) is 3.36. The summed E-state index contributed by atoms with van der Waals surface area (Å²) in [5.74, 6) is -0.270. The number of anilines is 1. The Balaban J connectivity index is 1.88. The fraction of sp³-hybridized carbons (Fsp3) is 0.619. The lowest BCUT2D eigenvalue weighted by Gasteiger charge is -2.31. The second-order valence-electron chi connectivity index (χ2n) is 8.27. The molecular formula is C21H33N3O3. The maximum Gasteiger partial charge on any atom is 0.408 e. The number of rotatable bonds is 6. The molecule has 1 aromatic rings. The number of hydrogen-bond donors (Lipinski definition) is 2. The van der Waals surface area contributed by atoms with E-state index in [1.807, 2.05) is 24.3 Å². The number of hydrogen-bond acceptors (Lipinski definition) is 4. The van der Waals surface area contributed by atoms with Gasteiger partial charge < -0.3 is 15.4 Å². The maximum absolute atomic E-state index is 12.2. The highest BCUT2D eigenvalue weighted by atomic mass is 16.6. The zero-order valence-electron chi connectivity index (χ0n) is 17.0. The number of nitrogens with one attached hydrogen (secondary N) is 2. The van der Waals surface area contributed by atoms with Gasteiger partial charge in [0.1, 0.15) is 12.1 Å². The molecule has 0 saturated heterocycles. The Hall–Kier alpha value is -2.08. The number of amides is 2. The molecule has 0 aromatic heterocycles. The third-order valence-corrected chi connectivity index (χ3v) is 4.70. The van der Waals surface area contributed by atoms with Crippen molar-refractivity contribution in [1.82, 2.24) is 10.2 Å². The van der Waals surface area contributed by atoms with Gasteiger partial charge in [-0.1, -0.05) is 37.5 Å². The molecule has 1 aliphatic rings. The monoisotopic (exact) mass is 375 g/mol. The molecule has 6 heteroatoms. The molecule has 0 atom stereocenters. The number of alkyl carbamates (subject to hydrolysis) is 1. The lowest BCUT2D eigenvalue weighted by atomic mass is 9.94. The van der Waals surface area contributed by atoms with Gasteiger partial charge in [0.25, 0.3) is 0 Å². The predicted molar refractivity (Wildman–Crippen MR) is 108 cm³/mol. The van der Waals surface area contributed by atoms with E-state index in [1.165, 1.54) is 32.1 Å². The van der Waals surface area contributed by atoms with Crippen molar-refractivity contribution >= 4 is 17.7 Å². The molecule has 2 rings (SSSR count). The smallest absolute Gasteiger partial charge is 0.408 e. The Morgan fingerprint density at radius 2 is 1.81 bits per heavy atom. The van der Waals surface area contributed by atoms with E-state index in [4.69, 9.17) is 4.74 Å². The Labute approximate surface area is 162 Å². The minimum absolute atomic E-state index is 0.123. The fourth-order valence-corrected chi connectivity index (χ4v) is 3.36. The third kappa shape index (κ3) is 7.59. The van der Waals surface area contributed by atoms with E-state index in [0.29, 0.717) is 6.04 Å². The van der Waals surface area contributed by atoms with Gasteiger partial charge in [0.05, 0.1) is 0 Å². The van der Waals surface area contributed by atoms with E-state index in [-0.39, 0.29) is 12.5 Å². The van der Waals surface area contributed by atoms with Crippen LogP contribution in [0.1, 0.15) is 58.4 Å². The lowest BCUT2D eigenvalue weighted by molar-refractivity contribution is -0.115. The van der Waals surface area contributed by atoms with Gasteiger partial charge in [0.15, 0.2) is 0 Å². The van der Waals surface area contributed by atoms with Gasteiger partial charge in [-0.3, -0.25) is 9.69 Å². The van der Waals surface area contributed by atoms with Crippen LogP contribution in [-0.4, -0.2) is 42.1 Å². The summed E-state index contributed by atoms with van der Waals surface area (Å²) >= 11 is 0. The lowest BCUT2D eigenvalue weighted by Crippen LogP contribution is -2.37. The van der Waals surface area contributed by atoms with Crippen LogP contribution in [0.3, 0.4) is 0 Å². The van der Waals surface area contributed by atoms with Crippen molar-refractivity contribution in [3.05, 3.63) is 29.8 Å². The summed E-state index contributed by atoms with van der Waals surface area (Å²) in [6.45, 7) is 6.02. The molecule has 1 saturated carbocycles. The maximum atomic E-state index is 12.2. The average Bonchev–Trinajstić information content (AvgIpc) is 2.61. The predicted octanol–water partition coefficient (Wildman–Crippen LogP) is 3.91. The molecule has 0 spiro atoms. The van der Waals surface area contributed by atoms with Gasteiger partial charge in [-0.15, -0.1) is 0 Å². The summed E-state index contributed by atoms with van der Waals surface area (Å²) in [6, 6.07) is 8.43. The molecule has 1 fully saturated rings. The van der Waals surface area contributed by atoms with Crippen LogP contribution in [0.5, 0.6) is 0 Å². The molecule has 0 heterocycles. The van der Waals surface area contributed by atoms with E-state index in [9.17, 15) is 9.59 Å². The van der Waals surface area contributed by atoms with Gasteiger partial charge in [-0.25, -0.2) is 4.79 Å². The standard InChI is InChI=1S/C21H33N3O3/c1-21(2,3)27-20(26)22-14-19(25)23-18-13-9-8-10-16(18)15-24(4)17-11-6-5-7-12-17/h8-10,13,17H,5-7,11-12,14-15H2,1-4H3,(H,22,26)(H,23,25). The molecular weight excluding hydrogens is 342 g/mol. The van der Waals surface area contributed by atoms with Crippen molar-refractivity contribution in [2.24, 2.45) is 0 Å². The van der Waals surface area contributed by atoms with Crippen LogP contribution in [0.4, 0.5) is 10.5 Å². The Kier molecular flexibility index (Phi) is 7.66. The van der Waals surface area contributed by atoms with Crippen LogP contribution in [0, 0.1) is 0 Å². The minimum atomic E-state index is -0.594. The van der Waals surface area contributed by atoms with Crippen molar-refractivity contribution in [3.8, 4) is 0 Å². The van der Waals surface area contributed by atoms with Gasteiger partial charge >= 0.3 is 6.09 Å². The number of nitrogens with zero attached hydrogens (tertiary/aromatic N) is 1. The van der Waals surface area contributed by atoms with Gasteiger partial charge in [-0.2, -0.15) is 0 Å². The molecule has 6 nitrogen and oxygen atoms in total. The van der Waals surface area contributed by atoms with E-state index in [0.717, 1.165) is 17.8 Å². The zero-order valence-corrected chi connectivity index (χ0v) is 17.0. The summed E-state index contributed by atoms with van der Waals surface area (Å²) in [7, 11) is 2.15. The highest BCUT2D eigenvalue weighted by molar-refractivity contribution is 5.94.